The van der Waals surface area contributed by atoms with E-state index < -0.39 is 6.03 Å². The van der Waals surface area contributed by atoms with Crippen molar-refractivity contribution in [3.63, 3.8) is 0 Å². The molecule has 5 heteroatoms. The molecule has 1 aliphatic rings. The minimum atomic E-state index is -0.582. The molecule has 1 aromatic rings. The SMILES string of the molecule is CC(=O)N1CCc2cc(NC(N)=O)ccc21. The van der Waals surface area contributed by atoms with Gasteiger partial charge in [0.25, 0.3) is 0 Å². The number of anilines is 2. The highest BCUT2D eigenvalue weighted by atomic mass is 16.2. The molecule has 0 saturated heterocycles. The lowest BCUT2D eigenvalue weighted by Crippen LogP contribution is -2.25. The third kappa shape index (κ3) is 1.84. The molecule has 84 valence electrons. The van der Waals surface area contributed by atoms with E-state index in [1.165, 1.54) is 0 Å². The molecule has 0 fully saturated rings. The van der Waals surface area contributed by atoms with E-state index in [0.29, 0.717) is 12.2 Å². The van der Waals surface area contributed by atoms with E-state index in [9.17, 15) is 9.59 Å². The van der Waals surface area contributed by atoms with Crippen molar-refractivity contribution in [3.8, 4) is 0 Å². The normalized spacial score (nSPS) is 13.4. The molecule has 5 nitrogen and oxygen atoms in total. The first-order valence-corrected chi connectivity index (χ1v) is 5.05. The molecule has 1 heterocycles. The Morgan fingerprint density at radius 1 is 1.44 bits per heavy atom. The van der Waals surface area contributed by atoms with Crippen molar-refractivity contribution in [1.82, 2.24) is 0 Å². The Labute approximate surface area is 93.2 Å². The molecule has 0 aromatic heterocycles. The fourth-order valence-corrected chi connectivity index (χ4v) is 1.95. The Morgan fingerprint density at radius 2 is 2.19 bits per heavy atom. The Bertz CT molecular complexity index is 457. The molecule has 0 saturated carbocycles. The number of hydrogen-bond donors (Lipinski definition) is 2. The number of nitrogens with one attached hydrogen (secondary N) is 1. The quantitative estimate of drug-likeness (QED) is 0.741. The lowest BCUT2D eigenvalue weighted by Gasteiger charge is -2.14. The number of hydrogen-bond acceptors (Lipinski definition) is 2. The van der Waals surface area contributed by atoms with Gasteiger partial charge in [-0.15, -0.1) is 0 Å². The predicted octanol–water partition coefficient (Wildman–Crippen LogP) is 1.09. The molecule has 16 heavy (non-hydrogen) atoms. The monoisotopic (exact) mass is 219 g/mol. The van der Waals surface area contributed by atoms with Crippen LogP contribution in [0.3, 0.4) is 0 Å². The molecule has 1 aromatic carbocycles. The van der Waals surface area contributed by atoms with Gasteiger partial charge in [0.1, 0.15) is 0 Å². The molecule has 0 atom stereocenters. The zero-order valence-corrected chi connectivity index (χ0v) is 8.99. The van der Waals surface area contributed by atoms with Crippen LogP contribution in [0.2, 0.25) is 0 Å². The lowest BCUT2D eigenvalue weighted by molar-refractivity contribution is -0.116. The second-order valence-electron chi connectivity index (χ2n) is 3.75. The topological polar surface area (TPSA) is 75.4 Å². The Hall–Kier alpha value is -2.04. The molecule has 1 aliphatic heterocycles. The summed E-state index contributed by atoms with van der Waals surface area (Å²) in [4.78, 5) is 23.7. The maximum atomic E-state index is 11.3. The second-order valence-corrected chi connectivity index (χ2v) is 3.75. The zero-order chi connectivity index (χ0) is 11.7. The first-order valence-electron chi connectivity index (χ1n) is 5.05. The van der Waals surface area contributed by atoms with E-state index in [-0.39, 0.29) is 5.91 Å². The summed E-state index contributed by atoms with van der Waals surface area (Å²) in [5.74, 6) is 0.0364. The number of primary amides is 1. The molecule has 0 aliphatic carbocycles. The van der Waals surface area contributed by atoms with E-state index in [1.807, 2.05) is 12.1 Å². The van der Waals surface area contributed by atoms with Gasteiger partial charge in [-0.1, -0.05) is 0 Å². The van der Waals surface area contributed by atoms with Crippen LogP contribution in [0.25, 0.3) is 0 Å². The number of benzene rings is 1. The fraction of sp³-hybridized carbons (Fsp3) is 0.273. The molecular weight excluding hydrogens is 206 g/mol. The van der Waals surface area contributed by atoms with Crippen LogP contribution in [0.15, 0.2) is 18.2 Å². The molecule has 2 rings (SSSR count). The Morgan fingerprint density at radius 3 is 2.81 bits per heavy atom. The molecule has 0 bridgehead atoms. The summed E-state index contributed by atoms with van der Waals surface area (Å²) in [5, 5.41) is 2.51. The average Bonchev–Trinajstić information content (AvgIpc) is 2.59. The van der Waals surface area contributed by atoms with E-state index in [2.05, 4.69) is 5.32 Å². The van der Waals surface area contributed by atoms with Gasteiger partial charge in [-0.3, -0.25) is 4.79 Å². The van der Waals surface area contributed by atoms with Crippen molar-refractivity contribution in [3.05, 3.63) is 23.8 Å². The van der Waals surface area contributed by atoms with Crippen molar-refractivity contribution in [2.75, 3.05) is 16.8 Å². The minimum Gasteiger partial charge on any atom is -0.351 e. The zero-order valence-electron chi connectivity index (χ0n) is 8.99. The van der Waals surface area contributed by atoms with Crippen molar-refractivity contribution in [2.45, 2.75) is 13.3 Å². The van der Waals surface area contributed by atoms with E-state index in [0.717, 1.165) is 17.7 Å². The van der Waals surface area contributed by atoms with Crippen molar-refractivity contribution in [1.29, 1.82) is 0 Å². The maximum absolute atomic E-state index is 11.3. The molecule has 0 spiro atoms. The highest BCUT2D eigenvalue weighted by molar-refractivity contribution is 5.95. The van der Waals surface area contributed by atoms with E-state index in [4.69, 9.17) is 5.73 Å². The van der Waals surface area contributed by atoms with Crippen molar-refractivity contribution >= 4 is 23.3 Å². The Kier molecular flexibility index (Phi) is 2.52. The standard InChI is InChI=1S/C11H13N3O2/c1-7(15)14-5-4-8-6-9(13-11(12)16)2-3-10(8)14/h2-3,6H,4-5H2,1H3,(H3,12,13,16). The third-order valence-electron chi connectivity index (χ3n) is 2.62. The summed E-state index contributed by atoms with van der Waals surface area (Å²) >= 11 is 0. The molecular formula is C11H13N3O2. The highest BCUT2D eigenvalue weighted by Gasteiger charge is 2.22. The molecule has 0 radical (unpaired) electrons. The smallest absolute Gasteiger partial charge is 0.316 e. The Balaban J connectivity index is 2.29. The fourth-order valence-electron chi connectivity index (χ4n) is 1.95. The molecule has 0 unspecified atom stereocenters. The number of amides is 3. The molecule has 3 N–H and O–H groups in total. The second kappa shape index (κ2) is 3.84. The van der Waals surface area contributed by atoms with Gasteiger partial charge in [-0.25, -0.2) is 4.79 Å². The van der Waals surface area contributed by atoms with Crippen LogP contribution >= 0.6 is 0 Å². The van der Waals surface area contributed by atoms with Gasteiger partial charge in [0, 0.05) is 24.8 Å². The summed E-state index contributed by atoms with van der Waals surface area (Å²) in [6.45, 7) is 2.25. The van der Waals surface area contributed by atoms with E-state index in [1.54, 1.807) is 17.9 Å². The van der Waals surface area contributed by atoms with Crippen LogP contribution in [-0.2, 0) is 11.2 Å². The third-order valence-corrected chi connectivity index (χ3v) is 2.62. The van der Waals surface area contributed by atoms with E-state index >= 15 is 0 Å². The van der Waals surface area contributed by atoms with Crippen LogP contribution in [0.5, 0.6) is 0 Å². The van der Waals surface area contributed by atoms with Gasteiger partial charge < -0.3 is 16.0 Å². The highest BCUT2D eigenvalue weighted by Crippen LogP contribution is 2.30. The van der Waals surface area contributed by atoms with Gasteiger partial charge in [-0.2, -0.15) is 0 Å². The van der Waals surface area contributed by atoms with Gasteiger partial charge in [-0.05, 0) is 30.2 Å². The summed E-state index contributed by atoms with van der Waals surface area (Å²) in [7, 11) is 0. The molecule has 3 amide bonds. The summed E-state index contributed by atoms with van der Waals surface area (Å²) in [5.41, 5.74) is 7.67. The maximum Gasteiger partial charge on any atom is 0.316 e. The number of nitrogens with two attached hydrogens (primary N) is 1. The van der Waals surface area contributed by atoms with Crippen LogP contribution in [0.4, 0.5) is 16.2 Å². The van der Waals surface area contributed by atoms with Crippen LogP contribution in [-0.4, -0.2) is 18.5 Å². The van der Waals surface area contributed by atoms with Crippen LogP contribution in [0.1, 0.15) is 12.5 Å². The first kappa shape index (κ1) is 10.5. The number of urea groups is 1. The summed E-state index contributed by atoms with van der Waals surface area (Å²) in [6.07, 6.45) is 0.809. The van der Waals surface area contributed by atoms with Gasteiger partial charge in [0.15, 0.2) is 0 Å². The van der Waals surface area contributed by atoms with Crippen molar-refractivity contribution < 1.29 is 9.59 Å². The number of rotatable bonds is 1. The summed E-state index contributed by atoms with van der Waals surface area (Å²) < 4.78 is 0. The number of carbonyl (C=O) groups is 2. The van der Waals surface area contributed by atoms with Gasteiger partial charge >= 0.3 is 6.03 Å². The minimum absolute atomic E-state index is 0.0364. The van der Waals surface area contributed by atoms with Gasteiger partial charge in [0.05, 0.1) is 0 Å². The van der Waals surface area contributed by atoms with Crippen molar-refractivity contribution in [2.24, 2.45) is 5.73 Å². The van der Waals surface area contributed by atoms with Gasteiger partial charge in [0.2, 0.25) is 5.91 Å². The summed E-state index contributed by atoms with van der Waals surface area (Å²) in [6, 6.07) is 4.84. The number of nitrogens with zero attached hydrogens (tertiary/aromatic N) is 1. The lowest BCUT2D eigenvalue weighted by atomic mass is 10.1. The number of carbonyl (C=O) groups excluding carboxylic acids is 2. The predicted molar refractivity (Wildman–Crippen MR) is 61.4 cm³/mol. The van der Waals surface area contributed by atoms with Crippen LogP contribution in [0, 0.1) is 0 Å². The number of fused-ring (bicyclic) bond motifs is 1. The average molecular weight is 219 g/mol. The van der Waals surface area contributed by atoms with Crippen LogP contribution < -0.4 is 16.0 Å². The first-order chi connectivity index (χ1) is 7.58. The largest absolute Gasteiger partial charge is 0.351 e.